The van der Waals surface area contributed by atoms with Gasteiger partial charge in [-0.05, 0) is 25.1 Å². The van der Waals surface area contributed by atoms with E-state index in [1.807, 2.05) is 6.07 Å². The number of hydrogen-bond donors (Lipinski definition) is 1. The van der Waals surface area contributed by atoms with Crippen LogP contribution in [0.1, 0.15) is 18.5 Å². The number of carbonyl (C=O) groups excluding carboxylic acids is 1. The number of nitrogens with zero attached hydrogens (tertiary/aromatic N) is 1. The molecule has 5 nitrogen and oxygen atoms in total. The Balaban J connectivity index is 1.96. The highest BCUT2D eigenvalue weighted by Gasteiger charge is 2.51. The molecule has 0 spiro atoms. The van der Waals surface area contributed by atoms with Crippen molar-refractivity contribution in [3.63, 3.8) is 0 Å². The molecule has 1 amide bonds. The van der Waals surface area contributed by atoms with Crippen LogP contribution in [0.5, 0.6) is 5.75 Å². The number of halogens is 1. The van der Waals surface area contributed by atoms with Gasteiger partial charge in [0, 0.05) is 23.0 Å². The van der Waals surface area contributed by atoms with Gasteiger partial charge in [-0.15, -0.1) is 0 Å². The fourth-order valence-corrected chi connectivity index (χ4v) is 3.15. The Labute approximate surface area is 122 Å². The Morgan fingerprint density at radius 1 is 1.60 bits per heavy atom. The Morgan fingerprint density at radius 3 is 3.10 bits per heavy atom. The van der Waals surface area contributed by atoms with Crippen LogP contribution in [0.2, 0.25) is 5.02 Å². The van der Waals surface area contributed by atoms with E-state index in [2.05, 4.69) is 0 Å². The number of rotatable bonds is 2. The number of benzene rings is 1. The summed E-state index contributed by atoms with van der Waals surface area (Å²) in [5.74, 6) is 0.604. The molecule has 3 rings (SSSR count). The van der Waals surface area contributed by atoms with Gasteiger partial charge in [0.25, 0.3) is 0 Å². The molecule has 0 bridgehead atoms. The normalized spacial score (nSPS) is 26.9. The number of amides is 1. The van der Waals surface area contributed by atoms with E-state index in [1.165, 1.54) is 0 Å². The van der Waals surface area contributed by atoms with E-state index in [-0.39, 0.29) is 30.8 Å². The van der Waals surface area contributed by atoms with Gasteiger partial charge < -0.3 is 14.6 Å². The molecule has 6 heteroatoms. The molecule has 0 unspecified atom stereocenters. The minimum absolute atomic E-state index is 0.0290. The fourth-order valence-electron chi connectivity index (χ4n) is 2.97. The first-order valence-corrected chi connectivity index (χ1v) is 7.03. The second kappa shape index (κ2) is 5.14. The molecule has 0 radical (unpaired) electrons. The minimum atomic E-state index is -0.380. The number of hydrogen-bond acceptors (Lipinski definition) is 4. The largest absolute Gasteiger partial charge is 0.487 e. The van der Waals surface area contributed by atoms with E-state index >= 15 is 0 Å². The monoisotopic (exact) mass is 297 g/mol. The average Bonchev–Trinajstić information content (AvgIpc) is 2.95. The zero-order valence-corrected chi connectivity index (χ0v) is 11.8. The van der Waals surface area contributed by atoms with Crippen molar-refractivity contribution in [2.75, 3.05) is 19.8 Å². The van der Waals surface area contributed by atoms with Gasteiger partial charge in [0.05, 0.1) is 13.2 Å². The number of aliphatic hydroxyl groups excluding tert-OH is 1. The molecule has 20 heavy (non-hydrogen) atoms. The summed E-state index contributed by atoms with van der Waals surface area (Å²) in [7, 11) is 0. The van der Waals surface area contributed by atoms with Gasteiger partial charge in [-0.2, -0.15) is 0 Å². The molecule has 1 saturated heterocycles. The summed E-state index contributed by atoms with van der Waals surface area (Å²) in [5, 5.41) is 10.1. The Morgan fingerprint density at radius 2 is 2.40 bits per heavy atom. The summed E-state index contributed by atoms with van der Waals surface area (Å²) in [6.07, 6.45) is -0.618. The summed E-state index contributed by atoms with van der Waals surface area (Å²) in [5.41, 5.74) is 0.881. The lowest BCUT2D eigenvalue weighted by Gasteiger charge is -2.22. The molecule has 0 saturated carbocycles. The van der Waals surface area contributed by atoms with Crippen LogP contribution in [0.3, 0.4) is 0 Å². The molecule has 1 fully saturated rings. The molecular weight excluding hydrogens is 282 g/mol. The Kier molecular flexibility index (Phi) is 3.48. The minimum Gasteiger partial charge on any atom is -0.487 e. The maximum Gasteiger partial charge on any atom is 0.410 e. The van der Waals surface area contributed by atoms with Crippen LogP contribution in [0, 0.1) is 5.92 Å². The topological polar surface area (TPSA) is 59.0 Å². The van der Waals surface area contributed by atoms with Crippen molar-refractivity contribution in [2.45, 2.75) is 19.1 Å². The first-order valence-electron chi connectivity index (χ1n) is 6.66. The summed E-state index contributed by atoms with van der Waals surface area (Å²) in [4.78, 5) is 13.7. The van der Waals surface area contributed by atoms with Crippen molar-refractivity contribution < 1.29 is 19.4 Å². The Bertz CT molecular complexity index is 536. The highest BCUT2D eigenvalue weighted by Crippen LogP contribution is 2.48. The molecule has 2 aliphatic heterocycles. The van der Waals surface area contributed by atoms with Crippen LogP contribution in [-0.2, 0) is 4.74 Å². The third-order valence-corrected chi connectivity index (χ3v) is 4.07. The molecule has 3 atom stereocenters. The van der Waals surface area contributed by atoms with Gasteiger partial charge >= 0.3 is 6.09 Å². The molecule has 1 aromatic carbocycles. The average molecular weight is 298 g/mol. The maximum absolute atomic E-state index is 12.1. The van der Waals surface area contributed by atoms with Crippen LogP contribution >= 0.6 is 11.6 Å². The molecular formula is C14H16ClNO4. The van der Waals surface area contributed by atoms with Crippen molar-refractivity contribution in [1.29, 1.82) is 0 Å². The van der Waals surface area contributed by atoms with Crippen LogP contribution in [0.4, 0.5) is 4.79 Å². The summed E-state index contributed by atoms with van der Waals surface area (Å²) >= 11 is 6.03. The van der Waals surface area contributed by atoms with Gasteiger partial charge in [0.15, 0.2) is 0 Å². The molecule has 2 aliphatic rings. The second-order valence-electron chi connectivity index (χ2n) is 5.00. The van der Waals surface area contributed by atoms with Crippen LogP contribution in [0.15, 0.2) is 18.2 Å². The van der Waals surface area contributed by atoms with Crippen molar-refractivity contribution in [2.24, 2.45) is 5.92 Å². The lowest BCUT2D eigenvalue weighted by molar-refractivity contribution is 0.0936. The number of likely N-dealkylation sites (tertiary alicyclic amines) is 1. The third kappa shape index (κ3) is 2.01. The highest BCUT2D eigenvalue weighted by atomic mass is 35.5. The molecule has 1 N–H and O–H groups in total. The summed E-state index contributed by atoms with van der Waals surface area (Å²) in [6, 6.07) is 5.13. The third-order valence-electron chi connectivity index (χ3n) is 3.83. The lowest BCUT2D eigenvalue weighted by atomic mass is 9.99. The summed E-state index contributed by atoms with van der Waals surface area (Å²) < 4.78 is 11.0. The van der Waals surface area contributed by atoms with E-state index in [9.17, 15) is 9.90 Å². The quantitative estimate of drug-likeness (QED) is 0.909. The molecule has 2 heterocycles. The molecule has 0 aliphatic carbocycles. The van der Waals surface area contributed by atoms with E-state index in [4.69, 9.17) is 21.1 Å². The van der Waals surface area contributed by atoms with E-state index in [1.54, 1.807) is 24.0 Å². The SMILES string of the molecule is CCOC(=O)N1C[C@@H](CO)[C@@H]2Oc3ccc(Cl)cc3[C@@H]21. The first kappa shape index (κ1) is 13.5. The zero-order chi connectivity index (χ0) is 14.3. The Hall–Kier alpha value is -1.46. The summed E-state index contributed by atoms with van der Waals surface area (Å²) in [6.45, 7) is 2.49. The van der Waals surface area contributed by atoms with E-state index in [0.29, 0.717) is 18.2 Å². The van der Waals surface area contributed by atoms with E-state index < -0.39 is 0 Å². The van der Waals surface area contributed by atoms with E-state index in [0.717, 1.165) is 11.3 Å². The molecule has 108 valence electrons. The van der Waals surface area contributed by atoms with Gasteiger partial charge in [0.1, 0.15) is 17.9 Å². The van der Waals surface area contributed by atoms with Gasteiger partial charge in [-0.25, -0.2) is 4.79 Å². The lowest BCUT2D eigenvalue weighted by Crippen LogP contribution is -2.32. The predicted molar refractivity (Wildman–Crippen MR) is 72.9 cm³/mol. The van der Waals surface area contributed by atoms with Crippen molar-refractivity contribution >= 4 is 17.7 Å². The number of carbonyl (C=O) groups is 1. The number of aliphatic hydroxyl groups is 1. The first-order chi connectivity index (χ1) is 9.65. The van der Waals surface area contributed by atoms with Crippen molar-refractivity contribution in [3.8, 4) is 5.75 Å². The maximum atomic E-state index is 12.1. The smallest absolute Gasteiger partial charge is 0.410 e. The molecule has 1 aromatic rings. The van der Waals surface area contributed by atoms with Gasteiger partial charge in [-0.1, -0.05) is 11.6 Å². The highest BCUT2D eigenvalue weighted by molar-refractivity contribution is 6.30. The van der Waals surface area contributed by atoms with Crippen LogP contribution in [-0.4, -0.2) is 42.0 Å². The van der Waals surface area contributed by atoms with Crippen LogP contribution in [0.25, 0.3) is 0 Å². The number of fused-ring (bicyclic) bond motifs is 3. The van der Waals surface area contributed by atoms with Gasteiger partial charge in [0.2, 0.25) is 0 Å². The zero-order valence-electron chi connectivity index (χ0n) is 11.1. The van der Waals surface area contributed by atoms with Gasteiger partial charge in [-0.3, -0.25) is 4.90 Å². The fraction of sp³-hybridized carbons (Fsp3) is 0.500. The van der Waals surface area contributed by atoms with Crippen molar-refractivity contribution in [3.05, 3.63) is 28.8 Å². The number of ether oxygens (including phenoxy) is 2. The predicted octanol–water partition coefficient (Wildman–Crippen LogP) is 2.22. The second-order valence-corrected chi connectivity index (χ2v) is 5.44. The van der Waals surface area contributed by atoms with Crippen molar-refractivity contribution in [1.82, 2.24) is 4.90 Å². The molecule has 0 aromatic heterocycles. The standard InChI is InChI=1S/C14H16ClNO4/c1-2-19-14(18)16-6-8(7-17)13-12(16)10-5-9(15)3-4-11(10)20-13/h3-5,8,12-13,17H,2,6-7H2,1H3/t8-,12-,13-/m0/s1. The van der Waals surface area contributed by atoms with Crippen LogP contribution < -0.4 is 4.74 Å².